The number of halogens is 3. The van der Waals surface area contributed by atoms with Crippen molar-refractivity contribution in [2.75, 3.05) is 18.4 Å². The fourth-order valence-corrected chi connectivity index (χ4v) is 3.05. The van der Waals surface area contributed by atoms with Gasteiger partial charge in [-0.1, -0.05) is 18.3 Å². The number of rotatable bonds is 3. The van der Waals surface area contributed by atoms with Crippen LogP contribution in [0.25, 0.3) is 0 Å². The fourth-order valence-electron chi connectivity index (χ4n) is 2.22. The molecule has 0 saturated carbocycles. The summed E-state index contributed by atoms with van der Waals surface area (Å²) in [6.07, 6.45) is -2.13. The lowest BCUT2D eigenvalue weighted by Gasteiger charge is -2.33. The first-order chi connectivity index (χ1) is 9.90. The van der Waals surface area contributed by atoms with E-state index in [1.54, 1.807) is 0 Å². The molecule has 1 N–H and O–H groups in total. The number of anilines is 1. The Kier molecular flexibility index (Phi) is 5.02. The summed E-state index contributed by atoms with van der Waals surface area (Å²) < 4.78 is 38.1. The van der Waals surface area contributed by atoms with Gasteiger partial charge < -0.3 is 4.90 Å². The molecule has 2 heterocycles. The van der Waals surface area contributed by atoms with E-state index >= 15 is 0 Å². The number of piperidine rings is 1. The topological polar surface area (TPSA) is 58.1 Å². The normalized spacial score (nSPS) is 19.6. The standard InChI is InChI=1S/C12H17F3N4OS/c1-2-4-9-17-18-10(21-9)16-11(20)19-6-3-5-8(7-19)12(13,14)15/h8H,2-7H2,1H3,(H,16,18,20). The Morgan fingerprint density at radius 1 is 1.48 bits per heavy atom. The van der Waals surface area contributed by atoms with Crippen molar-refractivity contribution in [3.63, 3.8) is 0 Å². The molecule has 0 bridgehead atoms. The predicted octanol–water partition coefficient (Wildman–Crippen LogP) is 3.30. The molecule has 1 fully saturated rings. The highest BCUT2D eigenvalue weighted by atomic mass is 32.1. The van der Waals surface area contributed by atoms with E-state index in [0.29, 0.717) is 18.1 Å². The van der Waals surface area contributed by atoms with Crippen LogP contribution >= 0.6 is 11.3 Å². The number of aromatic nitrogens is 2. The van der Waals surface area contributed by atoms with E-state index in [0.717, 1.165) is 17.8 Å². The third-order valence-corrected chi connectivity index (χ3v) is 4.21. The minimum Gasteiger partial charge on any atom is -0.324 e. The molecule has 2 rings (SSSR count). The number of hydrogen-bond acceptors (Lipinski definition) is 4. The molecule has 1 aromatic heterocycles. The molecule has 1 aliphatic rings. The summed E-state index contributed by atoms with van der Waals surface area (Å²) in [6, 6.07) is -0.539. The molecule has 0 radical (unpaired) electrons. The summed E-state index contributed by atoms with van der Waals surface area (Å²) in [6.45, 7) is 2.04. The molecule has 9 heteroatoms. The van der Waals surface area contributed by atoms with Crippen LogP contribution in [0.15, 0.2) is 0 Å². The molecule has 1 atom stereocenters. The zero-order valence-electron chi connectivity index (χ0n) is 11.6. The summed E-state index contributed by atoms with van der Waals surface area (Å²) in [4.78, 5) is 13.2. The Morgan fingerprint density at radius 3 is 2.90 bits per heavy atom. The molecule has 118 valence electrons. The lowest BCUT2D eigenvalue weighted by Crippen LogP contribution is -2.46. The highest BCUT2D eigenvalue weighted by Gasteiger charge is 2.42. The zero-order chi connectivity index (χ0) is 15.5. The van der Waals surface area contributed by atoms with Crippen LogP contribution in [0.3, 0.4) is 0 Å². The molecule has 2 amide bonds. The van der Waals surface area contributed by atoms with Gasteiger partial charge in [0.15, 0.2) is 0 Å². The van der Waals surface area contributed by atoms with E-state index in [9.17, 15) is 18.0 Å². The lowest BCUT2D eigenvalue weighted by molar-refractivity contribution is -0.183. The van der Waals surface area contributed by atoms with Crippen LogP contribution in [0, 0.1) is 5.92 Å². The number of amides is 2. The number of nitrogens with zero attached hydrogens (tertiary/aromatic N) is 3. The first-order valence-electron chi connectivity index (χ1n) is 6.85. The summed E-state index contributed by atoms with van der Waals surface area (Å²) in [5.41, 5.74) is 0. The average Bonchev–Trinajstić information content (AvgIpc) is 2.86. The van der Waals surface area contributed by atoms with Crippen molar-refractivity contribution in [2.45, 2.75) is 38.8 Å². The number of aryl methyl sites for hydroxylation is 1. The average molecular weight is 322 g/mol. The molecule has 1 unspecified atom stereocenters. The van der Waals surface area contributed by atoms with Crippen molar-refractivity contribution in [1.82, 2.24) is 15.1 Å². The minimum absolute atomic E-state index is 0.0761. The molecule has 0 aromatic carbocycles. The third-order valence-electron chi connectivity index (χ3n) is 3.32. The molecular weight excluding hydrogens is 305 g/mol. The minimum atomic E-state index is -4.25. The first kappa shape index (κ1) is 16.0. The Bertz CT molecular complexity index is 491. The molecule has 1 saturated heterocycles. The van der Waals surface area contributed by atoms with Gasteiger partial charge in [-0.25, -0.2) is 4.79 Å². The quantitative estimate of drug-likeness (QED) is 0.929. The van der Waals surface area contributed by atoms with Crippen molar-refractivity contribution in [2.24, 2.45) is 5.92 Å². The Morgan fingerprint density at radius 2 is 2.24 bits per heavy atom. The number of likely N-dealkylation sites (tertiary alicyclic amines) is 1. The Hall–Kier alpha value is -1.38. The number of alkyl halides is 3. The SMILES string of the molecule is CCCc1nnc(NC(=O)N2CCCC(C(F)(F)F)C2)s1. The maximum absolute atomic E-state index is 12.7. The first-order valence-corrected chi connectivity index (χ1v) is 7.66. The van der Waals surface area contributed by atoms with Gasteiger partial charge in [-0.3, -0.25) is 5.32 Å². The maximum Gasteiger partial charge on any atom is 0.393 e. The van der Waals surface area contributed by atoms with Gasteiger partial charge in [0.05, 0.1) is 5.92 Å². The zero-order valence-corrected chi connectivity index (χ0v) is 12.4. The van der Waals surface area contributed by atoms with Crippen LogP contribution in [-0.2, 0) is 6.42 Å². The predicted molar refractivity (Wildman–Crippen MR) is 73.3 cm³/mol. The summed E-state index contributed by atoms with van der Waals surface area (Å²) in [5.74, 6) is -1.44. The van der Waals surface area contributed by atoms with Crippen LogP contribution in [0.1, 0.15) is 31.2 Å². The van der Waals surface area contributed by atoms with Gasteiger partial charge in [0.2, 0.25) is 5.13 Å². The van der Waals surface area contributed by atoms with Crippen molar-refractivity contribution < 1.29 is 18.0 Å². The van der Waals surface area contributed by atoms with Gasteiger partial charge in [0.25, 0.3) is 0 Å². The second-order valence-corrected chi connectivity index (χ2v) is 6.07. The van der Waals surface area contributed by atoms with Gasteiger partial charge in [-0.05, 0) is 19.3 Å². The van der Waals surface area contributed by atoms with E-state index in [4.69, 9.17) is 0 Å². The van der Waals surface area contributed by atoms with Crippen LogP contribution < -0.4 is 5.32 Å². The van der Waals surface area contributed by atoms with E-state index in [-0.39, 0.29) is 13.0 Å². The molecule has 0 aliphatic carbocycles. The maximum atomic E-state index is 12.7. The Labute approximate surface area is 124 Å². The van der Waals surface area contributed by atoms with Crippen LogP contribution in [0.5, 0.6) is 0 Å². The third kappa shape index (κ3) is 4.29. The van der Waals surface area contributed by atoms with Gasteiger partial charge in [-0.15, -0.1) is 10.2 Å². The second kappa shape index (κ2) is 6.59. The monoisotopic (exact) mass is 322 g/mol. The molecule has 1 aliphatic heterocycles. The Balaban J connectivity index is 1.93. The van der Waals surface area contributed by atoms with Gasteiger partial charge in [0, 0.05) is 19.5 Å². The van der Waals surface area contributed by atoms with Crippen LogP contribution in [0.4, 0.5) is 23.1 Å². The molecule has 21 heavy (non-hydrogen) atoms. The molecule has 0 spiro atoms. The van der Waals surface area contributed by atoms with Crippen molar-refractivity contribution in [1.29, 1.82) is 0 Å². The number of hydrogen-bond donors (Lipinski definition) is 1. The summed E-state index contributed by atoms with van der Waals surface area (Å²) >= 11 is 1.25. The van der Waals surface area contributed by atoms with E-state index in [1.165, 1.54) is 16.2 Å². The largest absolute Gasteiger partial charge is 0.393 e. The molecule has 1 aromatic rings. The van der Waals surface area contributed by atoms with E-state index in [1.807, 2.05) is 6.92 Å². The van der Waals surface area contributed by atoms with Crippen molar-refractivity contribution in [3.8, 4) is 0 Å². The lowest BCUT2D eigenvalue weighted by atomic mass is 9.98. The highest BCUT2D eigenvalue weighted by Crippen LogP contribution is 2.33. The van der Waals surface area contributed by atoms with Gasteiger partial charge >= 0.3 is 12.2 Å². The number of urea groups is 1. The molecule has 5 nitrogen and oxygen atoms in total. The second-order valence-electron chi connectivity index (χ2n) is 5.01. The summed E-state index contributed by atoms with van der Waals surface area (Å²) in [7, 11) is 0. The number of carbonyl (C=O) groups excluding carboxylic acids is 1. The van der Waals surface area contributed by atoms with Crippen molar-refractivity contribution in [3.05, 3.63) is 5.01 Å². The smallest absolute Gasteiger partial charge is 0.324 e. The number of carbonyl (C=O) groups is 1. The van der Waals surface area contributed by atoms with Gasteiger partial charge in [-0.2, -0.15) is 13.2 Å². The van der Waals surface area contributed by atoms with E-state index < -0.39 is 18.1 Å². The van der Waals surface area contributed by atoms with Gasteiger partial charge in [0.1, 0.15) is 5.01 Å². The molecular formula is C12H17F3N4OS. The number of nitrogens with one attached hydrogen (secondary N) is 1. The summed E-state index contributed by atoms with van der Waals surface area (Å²) in [5, 5.41) is 11.4. The van der Waals surface area contributed by atoms with Crippen LogP contribution in [0.2, 0.25) is 0 Å². The highest BCUT2D eigenvalue weighted by molar-refractivity contribution is 7.15. The van der Waals surface area contributed by atoms with Crippen molar-refractivity contribution >= 4 is 22.5 Å². The van der Waals surface area contributed by atoms with E-state index in [2.05, 4.69) is 15.5 Å². The van der Waals surface area contributed by atoms with Crippen LogP contribution in [-0.4, -0.2) is 40.4 Å². The fraction of sp³-hybridized carbons (Fsp3) is 0.750.